The van der Waals surface area contributed by atoms with Crippen LogP contribution in [-0.2, 0) is 6.61 Å². The van der Waals surface area contributed by atoms with Crippen molar-refractivity contribution in [1.29, 1.82) is 0 Å². The van der Waals surface area contributed by atoms with E-state index in [1.54, 1.807) is 30.6 Å². The number of rotatable bonds is 4. The van der Waals surface area contributed by atoms with Crippen LogP contribution in [0.1, 0.15) is 15.9 Å². The van der Waals surface area contributed by atoms with Gasteiger partial charge in [-0.25, -0.2) is 0 Å². The van der Waals surface area contributed by atoms with Crippen LogP contribution in [0.2, 0.25) is 5.02 Å². The second-order valence-corrected chi connectivity index (χ2v) is 3.86. The molecule has 0 saturated carbocycles. The molecule has 0 aliphatic rings. The quantitative estimate of drug-likeness (QED) is 0.780. The van der Waals surface area contributed by atoms with E-state index in [0.29, 0.717) is 22.9 Å². The lowest BCUT2D eigenvalue weighted by atomic mass is 10.2. The van der Waals surface area contributed by atoms with Crippen LogP contribution in [0.5, 0.6) is 5.75 Å². The summed E-state index contributed by atoms with van der Waals surface area (Å²) in [6, 6.07) is 8.68. The molecule has 1 aromatic carbocycles. The fourth-order valence-corrected chi connectivity index (χ4v) is 1.60. The zero-order valence-electron chi connectivity index (χ0n) is 8.97. The van der Waals surface area contributed by atoms with Crippen molar-refractivity contribution < 1.29 is 9.53 Å². The summed E-state index contributed by atoms with van der Waals surface area (Å²) in [6.45, 7) is 0.397. The lowest BCUT2D eigenvalue weighted by molar-refractivity contribution is 0.112. The number of benzene rings is 1. The van der Waals surface area contributed by atoms with E-state index in [1.165, 1.54) is 0 Å². The minimum atomic E-state index is 0.397. The predicted molar refractivity (Wildman–Crippen MR) is 65.4 cm³/mol. The molecule has 17 heavy (non-hydrogen) atoms. The molecule has 0 N–H and O–H groups in total. The van der Waals surface area contributed by atoms with E-state index in [2.05, 4.69) is 4.98 Å². The largest absolute Gasteiger partial charge is 0.487 e. The van der Waals surface area contributed by atoms with E-state index in [0.717, 1.165) is 11.8 Å². The van der Waals surface area contributed by atoms with E-state index < -0.39 is 0 Å². The number of nitrogens with zero attached hydrogens (tertiary/aromatic N) is 1. The van der Waals surface area contributed by atoms with E-state index in [-0.39, 0.29) is 0 Å². The number of aldehydes is 1. The smallest absolute Gasteiger partial charge is 0.150 e. The van der Waals surface area contributed by atoms with Crippen molar-refractivity contribution in [3.05, 3.63) is 58.9 Å². The third kappa shape index (κ3) is 3.04. The summed E-state index contributed by atoms with van der Waals surface area (Å²) in [5.41, 5.74) is 1.49. The number of carbonyl (C=O) groups excluding carboxylic acids is 1. The highest BCUT2D eigenvalue weighted by Crippen LogP contribution is 2.25. The van der Waals surface area contributed by atoms with Crippen molar-refractivity contribution >= 4 is 17.9 Å². The summed E-state index contributed by atoms with van der Waals surface area (Å²) in [7, 11) is 0. The molecule has 4 heteroatoms. The summed E-state index contributed by atoms with van der Waals surface area (Å²) >= 11 is 5.97. The molecular formula is C13H10ClNO2. The van der Waals surface area contributed by atoms with Crippen molar-refractivity contribution in [2.45, 2.75) is 6.61 Å². The number of halogens is 1. The highest BCUT2D eigenvalue weighted by molar-refractivity contribution is 6.32. The summed E-state index contributed by atoms with van der Waals surface area (Å²) in [5, 5.41) is 0.429. The van der Waals surface area contributed by atoms with Crippen LogP contribution in [0.4, 0.5) is 0 Å². The van der Waals surface area contributed by atoms with Crippen molar-refractivity contribution in [3.8, 4) is 5.75 Å². The van der Waals surface area contributed by atoms with Crippen LogP contribution >= 0.6 is 11.6 Å². The van der Waals surface area contributed by atoms with Crippen LogP contribution in [0.3, 0.4) is 0 Å². The summed E-state index contributed by atoms with van der Waals surface area (Å²) in [4.78, 5) is 14.5. The number of pyridine rings is 1. The fraction of sp³-hybridized carbons (Fsp3) is 0.0769. The van der Waals surface area contributed by atoms with Crippen LogP contribution < -0.4 is 4.74 Å². The summed E-state index contributed by atoms with van der Waals surface area (Å²) in [6.07, 6.45) is 4.18. The van der Waals surface area contributed by atoms with Gasteiger partial charge in [-0.05, 0) is 24.3 Å². The standard InChI is InChI=1S/C13H10ClNO2/c14-12-6-10(8-16)3-4-13(12)17-9-11-2-1-5-15-7-11/h1-8H,9H2. The molecule has 0 amide bonds. The Hall–Kier alpha value is -1.87. The molecule has 86 valence electrons. The van der Waals surface area contributed by atoms with Crippen molar-refractivity contribution in [2.75, 3.05) is 0 Å². The van der Waals surface area contributed by atoms with E-state index in [4.69, 9.17) is 16.3 Å². The van der Waals surface area contributed by atoms with E-state index in [9.17, 15) is 4.79 Å². The Bertz CT molecular complexity index is 514. The van der Waals surface area contributed by atoms with Crippen LogP contribution in [0, 0.1) is 0 Å². The van der Waals surface area contributed by atoms with Crippen LogP contribution in [0.15, 0.2) is 42.7 Å². The first-order chi connectivity index (χ1) is 8.29. The highest BCUT2D eigenvalue weighted by Gasteiger charge is 2.03. The third-order valence-electron chi connectivity index (χ3n) is 2.21. The van der Waals surface area contributed by atoms with Gasteiger partial charge in [-0.1, -0.05) is 17.7 Å². The average Bonchev–Trinajstić information content (AvgIpc) is 2.38. The lowest BCUT2D eigenvalue weighted by Gasteiger charge is -2.07. The number of hydrogen-bond acceptors (Lipinski definition) is 3. The Morgan fingerprint density at radius 2 is 2.24 bits per heavy atom. The van der Waals surface area contributed by atoms with Gasteiger partial charge in [-0.3, -0.25) is 9.78 Å². The van der Waals surface area contributed by atoms with Gasteiger partial charge < -0.3 is 4.74 Å². The van der Waals surface area contributed by atoms with Crippen molar-refractivity contribution in [3.63, 3.8) is 0 Å². The van der Waals surface area contributed by atoms with Gasteiger partial charge in [-0.15, -0.1) is 0 Å². The summed E-state index contributed by atoms with van der Waals surface area (Å²) in [5.74, 6) is 0.557. The van der Waals surface area contributed by atoms with Gasteiger partial charge in [0.15, 0.2) is 0 Å². The Kier molecular flexibility index (Phi) is 3.73. The molecule has 1 heterocycles. The minimum absolute atomic E-state index is 0.397. The normalized spacial score (nSPS) is 9.94. The van der Waals surface area contributed by atoms with Crippen molar-refractivity contribution in [2.24, 2.45) is 0 Å². The topological polar surface area (TPSA) is 39.2 Å². The molecule has 2 aromatic rings. The molecule has 0 saturated heterocycles. The van der Waals surface area contributed by atoms with Crippen molar-refractivity contribution in [1.82, 2.24) is 4.98 Å². The zero-order valence-corrected chi connectivity index (χ0v) is 9.72. The van der Waals surface area contributed by atoms with Gasteiger partial charge in [0.05, 0.1) is 5.02 Å². The zero-order chi connectivity index (χ0) is 12.1. The number of carbonyl (C=O) groups is 1. The second-order valence-electron chi connectivity index (χ2n) is 3.46. The van der Waals surface area contributed by atoms with E-state index in [1.807, 2.05) is 12.1 Å². The first kappa shape index (κ1) is 11.6. The highest BCUT2D eigenvalue weighted by atomic mass is 35.5. The van der Waals surface area contributed by atoms with Gasteiger partial charge in [0.2, 0.25) is 0 Å². The van der Waals surface area contributed by atoms with E-state index >= 15 is 0 Å². The van der Waals surface area contributed by atoms with Gasteiger partial charge in [0.25, 0.3) is 0 Å². The predicted octanol–water partition coefficient (Wildman–Crippen LogP) is 3.13. The molecule has 0 spiro atoms. The molecule has 0 aliphatic heterocycles. The Labute approximate surface area is 104 Å². The first-order valence-electron chi connectivity index (χ1n) is 5.06. The molecule has 3 nitrogen and oxygen atoms in total. The molecule has 0 atom stereocenters. The van der Waals surface area contributed by atoms with Crippen LogP contribution in [-0.4, -0.2) is 11.3 Å². The Morgan fingerprint density at radius 1 is 1.35 bits per heavy atom. The minimum Gasteiger partial charge on any atom is -0.487 e. The lowest BCUT2D eigenvalue weighted by Crippen LogP contribution is -1.96. The second kappa shape index (κ2) is 5.46. The fourth-order valence-electron chi connectivity index (χ4n) is 1.35. The van der Waals surface area contributed by atoms with Gasteiger partial charge in [-0.2, -0.15) is 0 Å². The maximum Gasteiger partial charge on any atom is 0.150 e. The summed E-state index contributed by atoms with van der Waals surface area (Å²) < 4.78 is 5.53. The molecular weight excluding hydrogens is 238 g/mol. The Balaban J connectivity index is 2.07. The van der Waals surface area contributed by atoms with Gasteiger partial charge >= 0.3 is 0 Å². The SMILES string of the molecule is O=Cc1ccc(OCc2cccnc2)c(Cl)c1. The number of aromatic nitrogens is 1. The van der Waals surface area contributed by atoms with Crippen LogP contribution in [0.25, 0.3) is 0 Å². The monoisotopic (exact) mass is 247 g/mol. The first-order valence-corrected chi connectivity index (χ1v) is 5.44. The number of hydrogen-bond donors (Lipinski definition) is 0. The Morgan fingerprint density at radius 3 is 2.88 bits per heavy atom. The third-order valence-corrected chi connectivity index (χ3v) is 2.50. The molecule has 0 unspecified atom stereocenters. The molecule has 0 fully saturated rings. The average molecular weight is 248 g/mol. The van der Waals surface area contributed by atoms with Gasteiger partial charge in [0.1, 0.15) is 18.6 Å². The molecule has 1 aromatic heterocycles. The molecule has 0 radical (unpaired) electrons. The maximum atomic E-state index is 10.5. The molecule has 0 aliphatic carbocycles. The van der Waals surface area contributed by atoms with Gasteiger partial charge in [0, 0.05) is 23.5 Å². The molecule has 2 rings (SSSR count). The molecule has 0 bridgehead atoms. The maximum absolute atomic E-state index is 10.5. The number of ether oxygens (including phenoxy) is 1.